The highest BCUT2D eigenvalue weighted by atomic mass is 32.1. The van der Waals surface area contributed by atoms with E-state index in [0.29, 0.717) is 11.0 Å². The molecule has 1 aliphatic rings. The molecule has 3 nitrogen and oxygen atoms in total. The summed E-state index contributed by atoms with van der Waals surface area (Å²) in [5.74, 6) is 0. The molecule has 0 aromatic heterocycles. The van der Waals surface area contributed by atoms with Crippen molar-refractivity contribution in [2.24, 2.45) is 5.73 Å². The second-order valence-corrected chi connectivity index (χ2v) is 5.82. The average Bonchev–Trinajstić information content (AvgIpc) is 2.28. The molecule has 2 rings (SSSR count). The molecule has 1 unspecified atom stereocenters. The van der Waals surface area contributed by atoms with Gasteiger partial charge < -0.3 is 15.8 Å². The molecule has 0 amide bonds. The standard InChI is InChI=1S/C14H20N2OS/c1-14(2)9-12(7-8-17-14)16-11-5-3-10(4-6-11)13(15)18/h3-6,12,16H,7-9H2,1-2H3,(H2,15,18). The van der Waals surface area contributed by atoms with Crippen LogP contribution in [0.2, 0.25) is 0 Å². The Balaban J connectivity index is 1.99. The van der Waals surface area contributed by atoms with E-state index < -0.39 is 0 Å². The first-order valence-corrected chi connectivity index (χ1v) is 6.67. The summed E-state index contributed by atoms with van der Waals surface area (Å²) in [4.78, 5) is 0.439. The molecule has 1 saturated heterocycles. The highest BCUT2D eigenvalue weighted by molar-refractivity contribution is 7.80. The Bertz CT molecular complexity index is 428. The number of thiocarbonyl (C=S) groups is 1. The van der Waals surface area contributed by atoms with Crippen LogP contribution >= 0.6 is 12.2 Å². The van der Waals surface area contributed by atoms with Crippen LogP contribution in [0.15, 0.2) is 24.3 Å². The lowest BCUT2D eigenvalue weighted by molar-refractivity contribution is -0.0553. The molecule has 0 saturated carbocycles. The Morgan fingerprint density at radius 1 is 1.39 bits per heavy atom. The van der Waals surface area contributed by atoms with Gasteiger partial charge in [-0.1, -0.05) is 12.2 Å². The molecule has 3 N–H and O–H groups in total. The van der Waals surface area contributed by atoms with Gasteiger partial charge >= 0.3 is 0 Å². The van der Waals surface area contributed by atoms with E-state index in [-0.39, 0.29) is 5.60 Å². The Morgan fingerprint density at radius 2 is 2.06 bits per heavy atom. The van der Waals surface area contributed by atoms with E-state index in [0.717, 1.165) is 30.7 Å². The zero-order valence-corrected chi connectivity index (χ0v) is 11.7. The summed E-state index contributed by atoms with van der Waals surface area (Å²) in [5, 5.41) is 3.54. The summed E-state index contributed by atoms with van der Waals surface area (Å²) in [6.45, 7) is 5.09. The van der Waals surface area contributed by atoms with Crippen LogP contribution in [0.1, 0.15) is 32.3 Å². The third-order valence-corrected chi connectivity index (χ3v) is 3.47. The van der Waals surface area contributed by atoms with Crippen LogP contribution in [0.25, 0.3) is 0 Å². The van der Waals surface area contributed by atoms with Crippen molar-refractivity contribution in [2.45, 2.75) is 38.3 Å². The quantitative estimate of drug-likeness (QED) is 0.824. The number of nitrogens with two attached hydrogens (primary N) is 1. The van der Waals surface area contributed by atoms with E-state index in [9.17, 15) is 0 Å². The van der Waals surface area contributed by atoms with Gasteiger partial charge in [0, 0.05) is 23.9 Å². The van der Waals surface area contributed by atoms with Crippen molar-refractivity contribution in [3.8, 4) is 0 Å². The first-order valence-electron chi connectivity index (χ1n) is 6.27. The number of nitrogens with one attached hydrogen (secondary N) is 1. The predicted octanol–water partition coefficient (Wildman–Crippen LogP) is 2.69. The minimum Gasteiger partial charge on any atom is -0.389 e. The fourth-order valence-electron chi connectivity index (χ4n) is 2.32. The van der Waals surface area contributed by atoms with E-state index in [1.54, 1.807) is 0 Å². The van der Waals surface area contributed by atoms with E-state index in [4.69, 9.17) is 22.7 Å². The van der Waals surface area contributed by atoms with Crippen molar-refractivity contribution < 1.29 is 4.74 Å². The third kappa shape index (κ3) is 3.43. The van der Waals surface area contributed by atoms with Gasteiger partial charge in [-0.15, -0.1) is 0 Å². The van der Waals surface area contributed by atoms with E-state index in [2.05, 4.69) is 19.2 Å². The number of benzene rings is 1. The molecule has 4 heteroatoms. The van der Waals surface area contributed by atoms with Crippen molar-refractivity contribution >= 4 is 22.9 Å². The van der Waals surface area contributed by atoms with Gasteiger partial charge in [-0.3, -0.25) is 0 Å². The van der Waals surface area contributed by atoms with Gasteiger partial charge in [0.25, 0.3) is 0 Å². The molecule has 98 valence electrons. The molecule has 0 bridgehead atoms. The van der Waals surface area contributed by atoms with Crippen LogP contribution in [-0.4, -0.2) is 23.2 Å². The Hall–Kier alpha value is -1.13. The lowest BCUT2D eigenvalue weighted by Crippen LogP contribution is -2.40. The smallest absolute Gasteiger partial charge is 0.103 e. The molecule has 1 aromatic carbocycles. The van der Waals surface area contributed by atoms with Crippen LogP contribution < -0.4 is 11.1 Å². The van der Waals surface area contributed by atoms with Crippen molar-refractivity contribution in [1.29, 1.82) is 0 Å². The largest absolute Gasteiger partial charge is 0.389 e. The number of hydrogen-bond acceptors (Lipinski definition) is 3. The first kappa shape index (κ1) is 13.3. The Labute approximate surface area is 114 Å². The fraction of sp³-hybridized carbons (Fsp3) is 0.500. The van der Waals surface area contributed by atoms with Gasteiger partial charge in [-0.2, -0.15) is 0 Å². The summed E-state index contributed by atoms with van der Waals surface area (Å²) < 4.78 is 5.71. The monoisotopic (exact) mass is 264 g/mol. The van der Waals surface area contributed by atoms with Gasteiger partial charge in [0.05, 0.1) is 5.60 Å². The van der Waals surface area contributed by atoms with Crippen molar-refractivity contribution in [3.05, 3.63) is 29.8 Å². The summed E-state index contributed by atoms with van der Waals surface area (Å²) in [6.07, 6.45) is 2.06. The zero-order chi connectivity index (χ0) is 13.2. The molecule has 1 aliphatic heterocycles. The summed E-state index contributed by atoms with van der Waals surface area (Å²) >= 11 is 4.94. The topological polar surface area (TPSA) is 47.3 Å². The molecule has 1 aromatic rings. The number of ether oxygens (including phenoxy) is 1. The average molecular weight is 264 g/mol. The maximum absolute atomic E-state index is 5.71. The lowest BCUT2D eigenvalue weighted by atomic mass is 9.94. The molecule has 1 heterocycles. The Morgan fingerprint density at radius 3 is 2.61 bits per heavy atom. The highest BCUT2D eigenvalue weighted by Crippen LogP contribution is 2.26. The zero-order valence-electron chi connectivity index (χ0n) is 10.9. The summed E-state index contributed by atoms with van der Waals surface area (Å²) in [5.41, 5.74) is 7.56. The second kappa shape index (κ2) is 5.24. The normalized spacial score (nSPS) is 22.4. The van der Waals surface area contributed by atoms with Crippen LogP contribution in [-0.2, 0) is 4.74 Å². The molecule has 0 aliphatic carbocycles. The minimum absolute atomic E-state index is 0.0331. The molecular formula is C14H20N2OS. The third-order valence-electron chi connectivity index (χ3n) is 3.24. The van der Waals surface area contributed by atoms with Crippen LogP contribution in [0.5, 0.6) is 0 Å². The van der Waals surface area contributed by atoms with E-state index >= 15 is 0 Å². The molecule has 1 atom stereocenters. The van der Waals surface area contributed by atoms with Crippen LogP contribution in [0.3, 0.4) is 0 Å². The number of hydrogen-bond donors (Lipinski definition) is 2. The molecule has 18 heavy (non-hydrogen) atoms. The van der Waals surface area contributed by atoms with E-state index in [1.807, 2.05) is 24.3 Å². The maximum atomic E-state index is 5.71. The summed E-state index contributed by atoms with van der Waals surface area (Å²) in [7, 11) is 0. The van der Waals surface area contributed by atoms with Crippen molar-refractivity contribution in [1.82, 2.24) is 0 Å². The van der Waals surface area contributed by atoms with Crippen LogP contribution in [0, 0.1) is 0 Å². The Kier molecular flexibility index (Phi) is 3.88. The number of rotatable bonds is 3. The van der Waals surface area contributed by atoms with Gasteiger partial charge in [-0.05, 0) is 51.0 Å². The SMILES string of the molecule is CC1(C)CC(Nc2ccc(C(N)=S)cc2)CCO1. The molecular weight excluding hydrogens is 244 g/mol. The first-order chi connectivity index (χ1) is 8.46. The number of anilines is 1. The second-order valence-electron chi connectivity index (χ2n) is 5.38. The van der Waals surface area contributed by atoms with Gasteiger partial charge in [-0.25, -0.2) is 0 Å². The molecule has 1 fully saturated rings. The highest BCUT2D eigenvalue weighted by Gasteiger charge is 2.28. The van der Waals surface area contributed by atoms with Crippen molar-refractivity contribution in [3.63, 3.8) is 0 Å². The van der Waals surface area contributed by atoms with E-state index in [1.165, 1.54) is 0 Å². The fourth-order valence-corrected chi connectivity index (χ4v) is 2.46. The predicted molar refractivity (Wildman–Crippen MR) is 79.0 cm³/mol. The van der Waals surface area contributed by atoms with Gasteiger partial charge in [0.2, 0.25) is 0 Å². The van der Waals surface area contributed by atoms with Gasteiger partial charge in [0.1, 0.15) is 4.99 Å². The molecule has 0 radical (unpaired) electrons. The summed E-state index contributed by atoms with van der Waals surface area (Å²) in [6, 6.07) is 8.42. The molecule has 0 spiro atoms. The maximum Gasteiger partial charge on any atom is 0.103 e. The lowest BCUT2D eigenvalue weighted by Gasteiger charge is -2.36. The van der Waals surface area contributed by atoms with Crippen LogP contribution in [0.4, 0.5) is 5.69 Å². The minimum atomic E-state index is -0.0331. The van der Waals surface area contributed by atoms with Gasteiger partial charge in [0.15, 0.2) is 0 Å². The van der Waals surface area contributed by atoms with Crippen molar-refractivity contribution in [2.75, 3.05) is 11.9 Å².